The molecule has 130 valence electrons. The number of hydrogen-bond acceptors (Lipinski definition) is 5. The largest absolute Gasteiger partial charge is 0.493 e. The molecular formula is C20H16N2O4. The third-order valence-electron chi connectivity index (χ3n) is 4.00. The van der Waals surface area contributed by atoms with Crippen molar-refractivity contribution in [2.45, 2.75) is 6.54 Å². The second-order valence-corrected chi connectivity index (χ2v) is 5.70. The predicted octanol–water partition coefficient (Wildman–Crippen LogP) is 4.03. The first kappa shape index (κ1) is 16.0. The quantitative estimate of drug-likeness (QED) is 0.589. The first-order chi connectivity index (χ1) is 12.7. The number of nitrogens with one attached hydrogen (secondary N) is 1. The number of furan rings is 2. The number of methoxy groups -OCH3 is 1. The first-order valence-electron chi connectivity index (χ1n) is 8.08. The number of hydrogen-bond donors (Lipinski definition) is 1. The van der Waals surface area contributed by atoms with Crippen molar-refractivity contribution in [2.24, 2.45) is 0 Å². The molecule has 3 aromatic heterocycles. The van der Waals surface area contributed by atoms with Crippen molar-refractivity contribution in [1.82, 2.24) is 10.3 Å². The Hall–Kier alpha value is -3.54. The van der Waals surface area contributed by atoms with Crippen LogP contribution >= 0.6 is 0 Å². The molecule has 0 radical (unpaired) electrons. The number of pyridine rings is 1. The van der Waals surface area contributed by atoms with E-state index in [-0.39, 0.29) is 11.7 Å². The van der Waals surface area contributed by atoms with Gasteiger partial charge in [0, 0.05) is 18.1 Å². The van der Waals surface area contributed by atoms with E-state index in [1.54, 1.807) is 37.8 Å². The zero-order valence-electron chi connectivity index (χ0n) is 14.1. The first-order valence-corrected chi connectivity index (χ1v) is 8.08. The summed E-state index contributed by atoms with van der Waals surface area (Å²) in [4.78, 5) is 16.7. The van der Waals surface area contributed by atoms with Gasteiger partial charge in [-0.15, -0.1) is 0 Å². The summed E-state index contributed by atoms with van der Waals surface area (Å²) in [6.45, 7) is 0.350. The maximum absolute atomic E-state index is 12.4. The van der Waals surface area contributed by atoms with E-state index < -0.39 is 0 Å². The highest BCUT2D eigenvalue weighted by Crippen LogP contribution is 2.28. The van der Waals surface area contributed by atoms with Crippen LogP contribution in [0.3, 0.4) is 0 Å². The Morgan fingerprint density at radius 3 is 2.92 bits per heavy atom. The highest BCUT2D eigenvalue weighted by Gasteiger charge is 2.14. The van der Waals surface area contributed by atoms with E-state index in [1.165, 1.54) is 0 Å². The van der Waals surface area contributed by atoms with Crippen LogP contribution < -0.4 is 10.1 Å². The Morgan fingerprint density at radius 1 is 1.19 bits per heavy atom. The molecule has 4 rings (SSSR count). The highest BCUT2D eigenvalue weighted by atomic mass is 16.5. The summed E-state index contributed by atoms with van der Waals surface area (Å²) >= 11 is 0. The molecule has 0 saturated heterocycles. The molecule has 3 heterocycles. The summed E-state index contributed by atoms with van der Waals surface area (Å²) in [7, 11) is 1.57. The summed E-state index contributed by atoms with van der Waals surface area (Å²) in [5.74, 6) is 1.23. The van der Waals surface area contributed by atoms with Crippen LogP contribution in [0.4, 0.5) is 0 Å². The molecule has 0 saturated carbocycles. The van der Waals surface area contributed by atoms with Gasteiger partial charge in [0.1, 0.15) is 5.69 Å². The van der Waals surface area contributed by atoms with E-state index in [9.17, 15) is 4.79 Å². The van der Waals surface area contributed by atoms with Gasteiger partial charge in [-0.25, -0.2) is 0 Å². The van der Waals surface area contributed by atoms with Gasteiger partial charge in [0.2, 0.25) is 0 Å². The van der Waals surface area contributed by atoms with Gasteiger partial charge in [0.25, 0.3) is 5.91 Å². The number of carbonyl (C=O) groups is 1. The van der Waals surface area contributed by atoms with Crippen molar-refractivity contribution in [3.8, 4) is 17.2 Å². The number of fused-ring (bicyclic) bond motifs is 1. The summed E-state index contributed by atoms with van der Waals surface area (Å²) in [5.41, 5.74) is 2.19. The van der Waals surface area contributed by atoms with E-state index >= 15 is 0 Å². The van der Waals surface area contributed by atoms with Gasteiger partial charge in [-0.3, -0.25) is 9.78 Å². The van der Waals surface area contributed by atoms with Crippen LogP contribution in [0.25, 0.3) is 22.4 Å². The third-order valence-corrected chi connectivity index (χ3v) is 4.00. The molecular weight excluding hydrogens is 332 g/mol. The molecule has 0 fully saturated rings. The number of aromatic nitrogens is 1. The van der Waals surface area contributed by atoms with E-state index in [2.05, 4.69) is 10.3 Å². The summed E-state index contributed by atoms with van der Waals surface area (Å²) in [6, 6.07) is 14.6. The molecule has 1 N–H and O–H groups in total. The van der Waals surface area contributed by atoms with E-state index in [4.69, 9.17) is 13.6 Å². The lowest BCUT2D eigenvalue weighted by Gasteiger charge is -2.05. The predicted molar refractivity (Wildman–Crippen MR) is 95.9 cm³/mol. The maximum atomic E-state index is 12.4. The Balaban J connectivity index is 1.50. The minimum Gasteiger partial charge on any atom is -0.493 e. The number of rotatable bonds is 5. The number of amides is 1. The average molecular weight is 348 g/mol. The summed E-state index contributed by atoms with van der Waals surface area (Å²) < 4.78 is 16.3. The van der Waals surface area contributed by atoms with Gasteiger partial charge in [-0.2, -0.15) is 0 Å². The van der Waals surface area contributed by atoms with E-state index in [0.29, 0.717) is 23.6 Å². The molecule has 0 atom stereocenters. The molecule has 0 unspecified atom stereocenters. The third kappa shape index (κ3) is 3.04. The minimum atomic E-state index is -0.292. The van der Waals surface area contributed by atoms with E-state index in [1.807, 2.05) is 30.3 Å². The van der Waals surface area contributed by atoms with Crippen LogP contribution in [0.1, 0.15) is 16.1 Å². The summed E-state index contributed by atoms with van der Waals surface area (Å²) in [6.07, 6.45) is 3.28. The normalized spacial score (nSPS) is 10.8. The van der Waals surface area contributed by atoms with Crippen LogP contribution in [0.15, 0.2) is 69.8 Å². The van der Waals surface area contributed by atoms with Crippen molar-refractivity contribution in [3.63, 3.8) is 0 Å². The number of benzene rings is 1. The maximum Gasteiger partial charge on any atom is 0.287 e. The Labute approximate surface area is 149 Å². The number of ether oxygens (including phenoxy) is 1. The van der Waals surface area contributed by atoms with Crippen molar-refractivity contribution in [1.29, 1.82) is 0 Å². The van der Waals surface area contributed by atoms with Gasteiger partial charge in [-0.1, -0.05) is 12.1 Å². The zero-order valence-corrected chi connectivity index (χ0v) is 14.1. The number of carbonyl (C=O) groups excluding carboxylic acids is 1. The standard InChI is InChI=1S/C20H16N2O4/c1-24-17-5-2-4-14-11-18(26-19(14)17)20(23)22-12-13-7-8-21-15(10-13)16-6-3-9-25-16/h2-11H,12H2,1H3,(H,22,23). The Morgan fingerprint density at radius 2 is 2.12 bits per heavy atom. The fourth-order valence-corrected chi connectivity index (χ4v) is 2.72. The fraction of sp³-hybridized carbons (Fsp3) is 0.100. The second-order valence-electron chi connectivity index (χ2n) is 5.70. The van der Waals surface area contributed by atoms with Crippen molar-refractivity contribution in [2.75, 3.05) is 7.11 Å². The van der Waals surface area contributed by atoms with Crippen LogP contribution in [0, 0.1) is 0 Å². The smallest absolute Gasteiger partial charge is 0.287 e. The molecule has 6 heteroatoms. The Kier molecular flexibility index (Phi) is 4.15. The highest BCUT2D eigenvalue weighted by molar-refractivity contribution is 5.97. The monoisotopic (exact) mass is 348 g/mol. The van der Waals surface area contributed by atoms with Crippen LogP contribution in [-0.4, -0.2) is 18.0 Å². The fourth-order valence-electron chi connectivity index (χ4n) is 2.72. The van der Waals surface area contributed by atoms with Gasteiger partial charge in [-0.05, 0) is 42.0 Å². The van der Waals surface area contributed by atoms with Crippen LogP contribution in [0.5, 0.6) is 5.75 Å². The van der Waals surface area contributed by atoms with Gasteiger partial charge in [0.15, 0.2) is 22.9 Å². The van der Waals surface area contributed by atoms with Gasteiger partial charge < -0.3 is 18.9 Å². The van der Waals surface area contributed by atoms with Crippen molar-refractivity contribution >= 4 is 16.9 Å². The molecule has 0 aliphatic carbocycles. The summed E-state index contributed by atoms with van der Waals surface area (Å²) in [5, 5.41) is 3.67. The van der Waals surface area contributed by atoms with Crippen molar-refractivity contribution in [3.05, 3.63) is 72.3 Å². The minimum absolute atomic E-state index is 0.241. The van der Waals surface area contributed by atoms with Gasteiger partial charge >= 0.3 is 0 Å². The molecule has 1 amide bonds. The lowest BCUT2D eigenvalue weighted by Crippen LogP contribution is -2.22. The molecule has 0 spiro atoms. The number of para-hydroxylation sites is 1. The molecule has 6 nitrogen and oxygen atoms in total. The topological polar surface area (TPSA) is 77.5 Å². The average Bonchev–Trinajstić information content (AvgIpc) is 3.35. The second kappa shape index (κ2) is 6.76. The number of nitrogens with zero attached hydrogens (tertiary/aromatic N) is 1. The van der Waals surface area contributed by atoms with Crippen LogP contribution in [-0.2, 0) is 6.54 Å². The lowest BCUT2D eigenvalue weighted by molar-refractivity contribution is 0.0925. The lowest BCUT2D eigenvalue weighted by atomic mass is 10.2. The molecule has 0 bridgehead atoms. The molecule has 26 heavy (non-hydrogen) atoms. The molecule has 1 aromatic carbocycles. The van der Waals surface area contributed by atoms with Crippen LogP contribution in [0.2, 0.25) is 0 Å². The molecule has 0 aliphatic rings. The Bertz CT molecular complexity index is 1050. The molecule has 0 aliphatic heterocycles. The van der Waals surface area contributed by atoms with Gasteiger partial charge in [0.05, 0.1) is 13.4 Å². The van der Waals surface area contributed by atoms with E-state index in [0.717, 1.165) is 16.6 Å². The van der Waals surface area contributed by atoms with Crippen molar-refractivity contribution < 1.29 is 18.4 Å². The SMILES string of the molecule is COc1cccc2cc(C(=O)NCc3ccnc(-c4ccco4)c3)oc12. The molecule has 4 aromatic rings. The zero-order chi connectivity index (χ0) is 17.9.